The lowest BCUT2D eigenvalue weighted by Gasteiger charge is -2.28. The van der Waals surface area contributed by atoms with Crippen LogP contribution in [0.25, 0.3) is 33.4 Å². The van der Waals surface area contributed by atoms with E-state index in [4.69, 9.17) is 18.9 Å². The van der Waals surface area contributed by atoms with Crippen LogP contribution < -0.4 is 40.2 Å². The Bertz CT molecular complexity index is 2390. The van der Waals surface area contributed by atoms with Gasteiger partial charge in [0.1, 0.15) is 0 Å². The molecule has 0 spiro atoms. The molecule has 282 valence electrons. The maximum atomic E-state index is 6.64. The Balaban J connectivity index is 1.31. The smallest absolute Gasteiger partial charge is 0.231 e. The normalized spacial score (nSPS) is 12.7. The molecule has 8 aromatic carbocycles. The van der Waals surface area contributed by atoms with Crippen molar-refractivity contribution in [1.29, 1.82) is 0 Å². The Kier molecular flexibility index (Phi) is 10.2. The highest BCUT2D eigenvalue weighted by Gasteiger charge is 2.35. The van der Waals surface area contributed by atoms with E-state index in [0.29, 0.717) is 0 Å². The molecule has 2 aliphatic rings. The minimum Gasteiger partial charge on any atom is -0.454 e. The molecule has 10 rings (SSSR count). The van der Waals surface area contributed by atoms with Crippen molar-refractivity contribution in [3.8, 4) is 56.4 Å². The van der Waals surface area contributed by atoms with E-state index < -0.39 is 15.8 Å². The van der Waals surface area contributed by atoms with Gasteiger partial charge in [-0.1, -0.05) is 182 Å². The van der Waals surface area contributed by atoms with Crippen LogP contribution in [-0.2, 0) is 12.3 Å². The van der Waals surface area contributed by atoms with Gasteiger partial charge in [-0.25, -0.2) is 0 Å². The van der Waals surface area contributed by atoms with Crippen LogP contribution in [0, 0.1) is 0 Å². The molecule has 0 radical (unpaired) electrons. The number of benzene rings is 8. The van der Waals surface area contributed by atoms with Gasteiger partial charge in [-0.05, 0) is 82.6 Å². The largest absolute Gasteiger partial charge is 0.454 e. The molecule has 8 aromatic rings. The van der Waals surface area contributed by atoms with Gasteiger partial charge in [-0.15, -0.1) is 0 Å². The molecule has 0 unspecified atom stereocenters. The number of fused-ring (bicyclic) bond motifs is 2. The molecule has 58 heavy (non-hydrogen) atoms. The lowest BCUT2D eigenvalue weighted by Crippen LogP contribution is -2.15. The van der Waals surface area contributed by atoms with Crippen molar-refractivity contribution < 1.29 is 18.9 Å². The van der Waals surface area contributed by atoms with Crippen LogP contribution in [0.15, 0.2) is 194 Å². The fourth-order valence-electron chi connectivity index (χ4n) is 8.18. The standard InChI is InChI=1S/C52H40O4P2/c1-7-19-37(20-8-1)43-31-47-51(55-35-53-47)49(45(43)33-57(39-23-11-3-12-24-39)40-25-13-4-14-26-40)50-46(34-58(41-27-15-5-16-28-41)42-29-17-6-18-30-42)44(38-21-9-2-10-22-38)32-48-52(50)56-36-54-48/h1-32H,33-36H2. The Morgan fingerprint density at radius 1 is 0.345 bits per heavy atom. The van der Waals surface area contributed by atoms with Crippen LogP contribution in [0.4, 0.5) is 0 Å². The number of ether oxygens (including phenoxy) is 4. The zero-order valence-electron chi connectivity index (χ0n) is 31.8. The molecule has 0 saturated heterocycles. The van der Waals surface area contributed by atoms with Crippen molar-refractivity contribution in [1.82, 2.24) is 0 Å². The summed E-state index contributed by atoms with van der Waals surface area (Å²) in [6.07, 6.45) is 1.52. The van der Waals surface area contributed by atoms with Gasteiger partial charge in [0.05, 0.1) is 0 Å². The van der Waals surface area contributed by atoms with Crippen LogP contribution in [0.1, 0.15) is 11.1 Å². The third-order valence-electron chi connectivity index (χ3n) is 10.9. The molecular weight excluding hydrogens is 751 g/mol. The summed E-state index contributed by atoms with van der Waals surface area (Å²) < 4.78 is 26.0. The minimum atomic E-state index is -0.867. The molecule has 2 heterocycles. The van der Waals surface area contributed by atoms with Crippen molar-refractivity contribution in [3.63, 3.8) is 0 Å². The van der Waals surface area contributed by atoms with Crippen LogP contribution in [0.2, 0.25) is 0 Å². The Morgan fingerprint density at radius 3 is 0.948 bits per heavy atom. The summed E-state index contributed by atoms with van der Waals surface area (Å²) in [5.74, 6) is 2.97. The monoisotopic (exact) mass is 790 g/mol. The first-order valence-electron chi connectivity index (χ1n) is 19.6. The second-order valence-corrected chi connectivity index (χ2v) is 18.7. The van der Waals surface area contributed by atoms with Gasteiger partial charge >= 0.3 is 0 Å². The molecule has 0 amide bonds. The zero-order valence-corrected chi connectivity index (χ0v) is 33.6. The lowest BCUT2D eigenvalue weighted by molar-refractivity contribution is 0.173. The molecule has 0 fully saturated rings. The van der Waals surface area contributed by atoms with Gasteiger partial charge < -0.3 is 18.9 Å². The number of hydrogen-bond acceptors (Lipinski definition) is 4. The third-order valence-corrected chi connectivity index (χ3v) is 15.8. The van der Waals surface area contributed by atoms with Crippen molar-refractivity contribution >= 4 is 37.1 Å². The maximum Gasteiger partial charge on any atom is 0.231 e. The van der Waals surface area contributed by atoms with Crippen LogP contribution in [0.5, 0.6) is 23.0 Å². The van der Waals surface area contributed by atoms with E-state index in [1.807, 2.05) is 0 Å². The van der Waals surface area contributed by atoms with Crippen molar-refractivity contribution in [2.75, 3.05) is 13.6 Å². The van der Waals surface area contributed by atoms with Gasteiger partial charge in [0.15, 0.2) is 23.0 Å². The highest BCUT2D eigenvalue weighted by atomic mass is 31.1. The highest BCUT2D eigenvalue weighted by molar-refractivity contribution is 7.72. The SMILES string of the molecule is c1ccc(-c2cc3c(c(-c4c(CP(c5ccccc5)c5ccccc5)c(-c5ccccc5)cc5c4OCO5)c2CP(c2ccccc2)c2ccccc2)OCO3)cc1. The molecule has 2 aliphatic heterocycles. The maximum absolute atomic E-state index is 6.64. The Hall–Kier alpha value is -6.18. The van der Waals surface area contributed by atoms with Gasteiger partial charge in [0.25, 0.3) is 0 Å². The summed E-state index contributed by atoms with van der Waals surface area (Å²) >= 11 is 0. The zero-order chi connectivity index (χ0) is 38.7. The van der Waals surface area contributed by atoms with Gasteiger partial charge in [-0.2, -0.15) is 0 Å². The van der Waals surface area contributed by atoms with E-state index in [0.717, 1.165) is 68.7 Å². The van der Waals surface area contributed by atoms with E-state index in [2.05, 4.69) is 194 Å². The van der Waals surface area contributed by atoms with Crippen molar-refractivity contribution in [3.05, 3.63) is 205 Å². The predicted octanol–water partition coefficient (Wildman–Crippen LogP) is 11.4. The average molecular weight is 791 g/mol. The molecule has 6 heteroatoms. The Morgan fingerprint density at radius 2 is 0.638 bits per heavy atom. The summed E-state index contributed by atoms with van der Waals surface area (Å²) in [7, 11) is -1.73. The van der Waals surface area contributed by atoms with Gasteiger partial charge in [0.2, 0.25) is 13.6 Å². The molecule has 0 aromatic heterocycles. The molecule has 0 atom stereocenters. The van der Waals surface area contributed by atoms with Crippen molar-refractivity contribution in [2.24, 2.45) is 0 Å². The lowest BCUT2D eigenvalue weighted by atomic mass is 9.86. The quantitative estimate of drug-likeness (QED) is 0.122. The molecule has 4 nitrogen and oxygen atoms in total. The molecule has 0 N–H and O–H groups in total. The van der Waals surface area contributed by atoms with Gasteiger partial charge in [0, 0.05) is 23.5 Å². The number of rotatable bonds is 11. The molecule has 0 bridgehead atoms. The minimum absolute atomic E-state index is 0.139. The summed E-state index contributed by atoms with van der Waals surface area (Å²) in [5, 5.41) is 5.24. The van der Waals surface area contributed by atoms with E-state index in [-0.39, 0.29) is 13.6 Å². The van der Waals surface area contributed by atoms with E-state index in [1.165, 1.54) is 32.3 Å². The average Bonchev–Trinajstić information content (AvgIpc) is 3.99. The molecular formula is C52H40O4P2. The van der Waals surface area contributed by atoms with E-state index >= 15 is 0 Å². The van der Waals surface area contributed by atoms with Crippen LogP contribution in [0.3, 0.4) is 0 Å². The van der Waals surface area contributed by atoms with Crippen LogP contribution >= 0.6 is 15.8 Å². The fraction of sp³-hybridized carbons (Fsp3) is 0.0769. The van der Waals surface area contributed by atoms with E-state index in [1.54, 1.807) is 0 Å². The van der Waals surface area contributed by atoms with Crippen molar-refractivity contribution in [2.45, 2.75) is 12.3 Å². The summed E-state index contributed by atoms with van der Waals surface area (Å²) in [6, 6.07) is 69.6. The summed E-state index contributed by atoms with van der Waals surface area (Å²) in [5.41, 5.74) is 8.91. The third kappa shape index (κ3) is 7.05. The van der Waals surface area contributed by atoms with Crippen LogP contribution in [-0.4, -0.2) is 13.6 Å². The first-order chi connectivity index (χ1) is 28.8. The first-order valence-corrected chi connectivity index (χ1v) is 22.6. The molecule has 0 aliphatic carbocycles. The molecule has 0 saturated carbocycles. The second-order valence-electron chi connectivity index (χ2n) is 14.3. The second kappa shape index (κ2) is 16.4. The summed E-state index contributed by atoms with van der Waals surface area (Å²) in [4.78, 5) is 0. The fourth-order valence-corrected chi connectivity index (χ4v) is 12.9. The Labute approximate surface area is 342 Å². The highest BCUT2D eigenvalue weighted by Crippen LogP contribution is 2.59. The first kappa shape index (κ1) is 36.2. The van der Waals surface area contributed by atoms with Gasteiger partial charge in [-0.3, -0.25) is 0 Å². The van der Waals surface area contributed by atoms with E-state index in [9.17, 15) is 0 Å². The number of hydrogen-bond donors (Lipinski definition) is 0. The topological polar surface area (TPSA) is 36.9 Å². The predicted molar refractivity (Wildman–Crippen MR) is 241 cm³/mol. The summed E-state index contributed by atoms with van der Waals surface area (Å²) in [6.45, 7) is 0.278.